The summed E-state index contributed by atoms with van der Waals surface area (Å²) >= 11 is 0. The fourth-order valence-corrected chi connectivity index (χ4v) is 7.23. The topological polar surface area (TPSA) is 158 Å². The van der Waals surface area contributed by atoms with E-state index in [-0.39, 0.29) is 40.9 Å². The van der Waals surface area contributed by atoms with Crippen LogP contribution in [0.3, 0.4) is 0 Å². The van der Waals surface area contributed by atoms with Gasteiger partial charge in [0.25, 0.3) is 0 Å². The Kier molecular flexibility index (Phi) is 6.50. The molecule has 2 saturated heterocycles. The Morgan fingerprint density at radius 3 is 1.88 bits per heavy atom. The number of aromatic nitrogens is 4. The Bertz CT molecular complexity index is 1270. The minimum atomic E-state index is -2.88. The average molecular weight is 492 g/mol. The summed E-state index contributed by atoms with van der Waals surface area (Å²) < 4.78 is 46.3. The summed E-state index contributed by atoms with van der Waals surface area (Å²) in [5.74, 6) is 0.405. The van der Waals surface area contributed by atoms with E-state index in [0.717, 1.165) is 5.56 Å². The van der Waals surface area contributed by atoms with Crippen molar-refractivity contribution in [2.75, 3.05) is 28.7 Å². The number of aliphatic hydroxyl groups excluding tert-OH is 1. The van der Waals surface area contributed by atoms with E-state index < -0.39 is 25.8 Å². The molecule has 2 aliphatic heterocycles. The van der Waals surface area contributed by atoms with Crippen LogP contribution in [0.4, 0.5) is 5.69 Å². The molecule has 2 fully saturated rings. The van der Waals surface area contributed by atoms with E-state index in [1.807, 2.05) is 12.1 Å². The maximum atomic E-state index is 11.4. The second-order valence-corrected chi connectivity index (χ2v) is 12.7. The maximum absolute atomic E-state index is 11.4. The highest BCUT2D eigenvalue weighted by Crippen LogP contribution is 2.34. The molecule has 0 bridgehead atoms. The third kappa shape index (κ3) is 5.57. The van der Waals surface area contributed by atoms with Gasteiger partial charge in [-0.1, -0.05) is 12.1 Å². The third-order valence-corrected chi connectivity index (χ3v) is 9.47. The van der Waals surface area contributed by atoms with E-state index in [9.17, 15) is 21.9 Å². The van der Waals surface area contributed by atoms with Crippen LogP contribution in [0.1, 0.15) is 23.3 Å². The van der Waals surface area contributed by atoms with Crippen LogP contribution < -0.4 is 5.73 Å². The first-order chi connectivity index (χ1) is 15.6. The van der Waals surface area contributed by atoms with Crippen LogP contribution >= 0.6 is 0 Å². The molecule has 5 heterocycles. The smallest absolute Gasteiger partial charge is 0.151 e. The van der Waals surface area contributed by atoms with Gasteiger partial charge in [-0.05, 0) is 23.3 Å². The van der Waals surface area contributed by atoms with E-state index in [2.05, 4.69) is 15.1 Å². The maximum Gasteiger partial charge on any atom is 0.151 e. The second kappa shape index (κ2) is 9.20. The molecule has 0 amide bonds. The Balaban J connectivity index is 0.000000165. The third-order valence-electron chi connectivity index (χ3n) is 5.72. The van der Waals surface area contributed by atoms with Crippen LogP contribution in [0.15, 0.2) is 61.4 Å². The van der Waals surface area contributed by atoms with Gasteiger partial charge >= 0.3 is 0 Å². The summed E-state index contributed by atoms with van der Waals surface area (Å²) in [6, 6.07) is 7.12. The van der Waals surface area contributed by atoms with Crippen LogP contribution in [0.25, 0.3) is 0 Å². The molecule has 3 N–H and O–H groups in total. The van der Waals surface area contributed by atoms with Gasteiger partial charge in [-0.2, -0.15) is 5.10 Å². The largest absolute Gasteiger partial charge is 0.396 e. The van der Waals surface area contributed by atoms with Gasteiger partial charge in [0.1, 0.15) is 0 Å². The van der Waals surface area contributed by atoms with E-state index in [1.54, 1.807) is 54.0 Å². The highest BCUT2D eigenvalue weighted by Gasteiger charge is 2.41. The minimum Gasteiger partial charge on any atom is -0.396 e. The summed E-state index contributed by atoms with van der Waals surface area (Å²) in [7, 11) is -5.74. The number of rotatable bonds is 5. The van der Waals surface area contributed by atoms with Gasteiger partial charge in [-0.25, -0.2) is 16.8 Å². The highest BCUT2D eigenvalue weighted by molar-refractivity contribution is 7.93. The van der Waals surface area contributed by atoms with Gasteiger partial charge in [0, 0.05) is 42.8 Å². The molecule has 0 aliphatic carbocycles. The van der Waals surface area contributed by atoms with Gasteiger partial charge in [-0.15, -0.1) is 0 Å². The van der Waals surface area contributed by atoms with Crippen molar-refractivity contribution in [2.45, 2.75) is 12.1 Å². The Labute approximate surface area is 192 Å². The van der Waals surface area contributed by atoms with Gasteiger partial charge in [-0.3, -0.25) is 14.6 Å². The minimum absolute atomic E-state index is 0.0218. The number of nitrogens with zero attached hydrogens (tertiary/aromatic N) is 4. The molecule has 176 valence electrons. The summed E-state index contributed by atoms with van der Waals surface area (Å²) in [4.78, 5) is 7.97. The van der Waals surface area contributed by atoms with Gasteiger partial charge in [0.05, 0.1) is 47.0 Å². The van der Waals surface area contributed by atoms with Crippen molar-refractivity contribution in [3.8, 4) is 0 Å². The molecule has 10 nitrogen and oxygen atoms in total. The number of pyridine rings is 2. The van der Waals surface area contributed by atoms with Crippen molar-refractivity contribution in [1.82, 2.24) is 19.7 Å². The van der Waals surface area contributed by atoms with Crippen molar-refractivity contribution in [3.63, 3.8) is 0 Å². The lowest BCUT2D eigenvalue weighted by Crippen LogP contribution is -2.42. The van der Waals surface area contributed by atoms with E-state index in [0.29, 0.717) is 11.3 Å². The predicted molar refractivity (Wildman–Crippen MR) is 122 cm³/mol. The van der Waals surface area contributed by atoms with Crippen molar-refractivity contribution in [2.24, 2.45) is 11.8 Å². The lowest BCUT2D eigenvalue weighted by Gasteiger charge is -2.33. The molecule has 33 heavy (non-hydrogen) atoms. The average Bonchev–Trinajstić information content (AvgIpc) is 3.18. The zero-order chi connectivity index (χ0) is 23.6. The Morgan fingerprint density at radius 1 is 0.879 bits per heavy atom. The normalized spacial score (nSPS) is 21.0. The number of aliphatic hydroxyl groups is 1. The molecule has 3 aromatic rings. The highest BCUT2D eigenvalue weighted by atomic mass is 32.2. The fourth-order valence-electron chi connectivity index (χ4n) is 4.09. The molecule has 2 atom stereocenters. The zero-order valence-electron chi connectivity index (χ0n) is 17.7. The molecular weight excluding hydrogens is 466 g/mol. The molecule has 3 aromatic heterocycles. The van der Waals surface area contributed by atoms with Crippen molar-refractivity contribution in [3.05, 3.63) is 72.6 Å². The summed E-state index contributed by atoms with van der Waals surface area (Å²) in [5.41, 5.74) is 7.89. The first-order valence-electron chi connectivity index (χ1n) is 10.3. The molecular formula is C21H25N5O5S2. The molecule has 12 heteroatoms. The predicted octanol–water partition coefficient (Wildman–Crippen LogP) is 0.654. The number of nitrogen functional groups attached to an aromatic ring is 1. The molecule has 2 aliphatic rings. The van der Waals surface area contributed by atoms with Gasteiger partial charge in [0.15, 0.2) is 19.7 Å². The molecule has 2 unspecified atom stereocenters. The lowest BCUT2D eigenvalue weighted by atomic mass is 9.96. The number of sulfone groups is 2. The first-order valence-corrected chi connectivity index (χ1v) is 14.0. The van der Waals surface area contributed by atoms with Crippen LogP contribution in [0.5, 0.6) is 0 Å². The van der Waals surface area contributed by atoms with Crippen LogP contribution in [0.2, 0.25) is 0 Å². The number of hydrogen-bond donors (Lipinski definition) is 2. The Morgan fingerprint density at radius 2 is 1.42 bits per heavy atom. The van der Waals surface area contributed by atoms with Gasteiger partial charge < -0.3 is 10.8 Å². The summed E-state index contributed by atoms with van der Waals surface area (Å²) in [6.45, 7) is 0. The quantitative estimate of drug-likeness (QED) is 0.523. The number of nitrogens with two attached hydrogens (primary N) is 1. The molecule has 5 rings (SSSR count). The molecule has 0 radical (unpaired) electrons. The first kappa shape index (κ1) is 23.3. The number of anilines is 1. The van der Waals surface area contributed by atoms with Crippen LogP contribution in [-0.2, 0) is 19.7 Å². The number of hydrogen-bond acceptors (Lipinski definition) is 9. The van der Waals surface area contributed by atoms with Crippen LogP contribution in [-0.4, -0.2) is 64.7 Å². The lowest BCUT2D eigenvalue weighted by molar-refractivity contribution is 0.122. The zero-order valence-corrected chi connectivity index (χ0v) is 19.3. The standard InChI is InChI=1S/C12H14N4O2S.C9H11NO3S/c13-11-5-15-16(6-11)12(9-2-1-3-14-4-9)10-7-19(17,18)8-10;11-9(7-2-1-3-10-4-7)8-5-14(12,13)6-8/h1-6,10,12H,7-8,13H2;1-4,8-9,11H,5-6H2. The van der Waals surface area contributed by atoms with E-state index in [4.69, 9.17) is 5.73 Å². The molecule has 0 aromatic carbocycles. The van der Waals surface area contributed by atoms with Gasteiger partial charge in [0.2, 0.25) is 0 Å². The second-order valence-electron chi connectivity index (χ2n) is 8.39. The molecule has 0 saturated carbocycles. The van der Waals surface area contributed by atoms with E-state index >= 15 is 0 Å². The Hall–Kier alpha value is -2.83. The monoisotopic (exact) mass is 491 g/mol. The summed E-state index contributed by atoms with van der Waals surface area (Å²) in [6.07, 6.45) is 9.21. The fraction of sp³-hybridized carbons (Fsp3) is 0.381. The van der Waals surface area contributed by atoms with E-state index in [1.165, 1.54) is 0 Å². The SMILES string of the molecule is Nc1cnn(C(c2cccnc2)C2CS(=O)(=O)C2)c1.O=S1(=O)CC(C(O)c2cccnc2)C1. The van der Waals surface area contributed by atoms with Crippen molar-refractivity contribution in [1.29, 1.82) is 0 Å². The molecule has 0 spiro atoms. The van der Waals surface area contributed by atoms with Crippen molar-refractivity contribution >= 4 is 25.4 Å². The van der Waals surface area contributed by atoms with Crippen LogP contribution in [0, 0.1) is 11.8 Å². The summed E-state index contributed by atoms with van der Waals surface area (Å²) in [5, 5.41) is 14.0. The van der Waals surface area contributed by atoms with Crippen molar-refractivity contribution < 1.29 is 21.9 Å².